The average molecular weight is 326 g/mol. The van der Waals surface area contributed by atoms with E-state index in [1.807, 2.05) is 12.1 Å². The van der Waals surface area contributed by atoms with E-state index in [1.54, 1.807) is 6.07 Å². The maximum Gasteiger partial charge on any atom is 0.137 e. The van der Waals surface area contributed by atoms with Gasteiger partial charge in [0.2, 0.25) is 0 Å². The van der Waals surface area contributed by atoms with Gasteiger partial charge in [-0.3, -0.25) is 0 Å². The van der Waals surface area contributed by atoms with E-state index in [0.29, 0.717) is 17.6 Å². The van der Waals surface area contributed by atoms with Crippen molar-refractivity contribution in [2.45, 2.75) is 35.2 Å². The summed E-state index contributed by atoms with van der Waals surface area (Å²) in [6.45, 7) is 0.709. The van der Waals surface area contributed by atoms with Crippen molar-refractivity contribution in [2.75, 3.05) is 0 Å². The third-order valence-electron chi connectivity index (χ3n) is 3.30. The van der Waals surface area contributed by atoms with Crippen molar-refractivity contribution in [3.8, 4) is 0 Å². The first-order chi connectivity index (χ1) is 10.1. The van der Waals surface area contributed by atoms with Crippen LogP contribution in [0.15, 0.2) is 46.2 Å². The second-order valence-electron chi connectivity index (χ2n) is 5.08. The van der Waals surface area contributed by atoms with Crippen molar-refractivity contribution in [3.63, 3.8) is 0 Å². The molecule has 0 spiro atoms. The molecule has 1 fully saturated rings. The van der Waals surface area contributed by atoms with Crippen molar-refractivity contribution in [2.24, 2.45) is 0 Å². The summed E-state index contributed by atoms with van der Waals surface area (Å²) in [6.07, 6.45) is 2.41. The monoisotopic (exact) mass is 325 g/mol. The van der Waals surface area contributed by atoms with Crippen LogP contribution in [-0.4, -0.2) is 6.04 Å². The van der Waals surface area contributed by atoms with Gasteiger partial charge in [-0.25, -0.2) is 8.78 Å². The minimum Gasteiger partial charge on any atom is -0.310 e. The normalized spacial score (nSPS) is 14.4. The van der Waals surface area contributed by atoms with Gasteiger partial charge in [0, 0.05) is 22.5 Å². The second-order valence-corrected chi connectivity index (χ2v) is 6.60. The summed E-state index contributed by atoms with van der Waals surface area (Å²) in [6, 6.07) is 9.59. The molecule has 0 bridgehead atoms. The summed E-state index contributed by atoms with van der Waals surface area (Å²) in [5.74, 6) is -0.874. The largest absolute Gasteiger partial charge is 0.310 e. The summed E-state index contributed by atoms with van der Waals surface area (Å²) in [4.78, 5) is 1.12. The molecule has 1 saturated carbocycles. The quantitative estimate of drug-likeness (QED) is 0.828. The molecule has 1 nitrogen and oxygen atoms in total. The van der Waals surface area contributed by atoms with Crippen LogP contribution in [0.25, 0.3) is 0 Å². The molecule has 1 N–H and O–H groups in total. The van der Waals surface area contributed by atoms with Gasteiger partial charge in [0.25, 0.3) is 0 Å². The number of nitrogens with one attached hydrogen (secondary N) is 1. The van der Waals surface area contributed by atoms with Gasteiger partial charge in [0.1, 0.15) is 11.6 Å². The first-order valence-electron chi connectivity index (χ1n) is 6.76. The van der Waals surface area contributed by atoms with E-state index in [9.17, 15) is 8.78 Å². The lowest BCUT2D eigenvalue weighted by atomic mass is 10.2. The molecule has 1 aliphatic rings. The fourth-order valence-corrected chi connectivity index (χ4v) is 3.25. The SMILES string of the molecule is Fc1ccc(F)c(Sc2cc(Cl)ccc2CNC2CC2)c1. The van der Waals surface area contributed by atoms with Crippen molar-refractivity contribution in [1.82, 2.24) is 5.32 Å². The van der Waals surface area contributed by atoms with Gasteiger partial charge < -0.3 is 5.32 Å². The number of halogens is 3. The Labute approximate surface area is 131 Å². The standard InChI is InChI=1S/C16H14ClF2NS/c17-11-2-1-10(9-20-13-4-5-13)15(7-11)21-16-8-12(18)3-6-14(16)19/h1-3,6-8,13,20H,4-5,9H2. The van der Waals surface area contributed by atoms with E-state index in [4.69, 9.17) is 11.6 Å². The number of rotatable bonds is 5. The van der Waals surface area contributed by atoms with Crippen LogP contribution in [0, 0.1) is 11.6 Å². The Kier molecular flexibility index (Phi) is 4.48. The molecule has 0 atom stereocenters. The Bertz CT molecular complexity index is 659. The lowest BCUT2D eigenvalue weighted by Gasteiger charge is -2.11. The van der Waals surface area contributed by atoms with Crippen LogP contribution >= 0.6 is 23.4 Å². The van der Waals surface area contributed by atoms with Gasteiger partial charge in [0.15, 0.2) is 0 Å². The molecule has 21 heavy (non-hydrogen) atoms. The third kappa shape index (κ3) is 3.96. The maximum atomic E-state index is 13.8. The molecule has 0 heterocycles. The predicted octanol–water partition coefficient (Wildman–Crippen LogP) is 5.02. The fraction of sp³-hybridized carbons (Fsp3) is 0.250. The Morgan fingerprint density at radius 2 is 1.90 bits per heavy atom. The molecular formula is C16H14ClF2NS. The van der Waals surface area contributed by atoms with Crippen LogP contribution < -0.4 is 5.32 Å². The summed E-state index contributed by atoms with van der Waals surface area (Å²) < 4.78 is 27.0. The highest BCUT2D eigenvalue weighted by Crippen LogP contribution is 2.34. The lowest BCUT2D eigenvalue weighted by Crippen LogP contribution is -2.15. The van der Waals surface area contributed by atoms with Crippen LogP contribution in [0.3, 0.4) is 0 Å². The first kappa shape index (κ1) is 14.8. The number of hydrogen-bond donors (Lipinski definition) is 1. The highest BCUT2D eigenvalue weighted by molar-refractivity contribution is 7.99. The van der Waals surface area contributed by atoms with E-state index in [1.165, 1.54) is 30.7 Å². The highest BCUT2D eigenvalue weighted by Gasteiger charge is 2.20. The van der Waals surface area contributed by atoms with Crippen molar-refractivity contribution in [1.29, 1.82) is 0 Å². The van der Waals surface area contributed by atoms with Crippen molar-refractivity contribution in [3.05, 3.63) is 58.6 Å². The van der Waals surface area contributed by atoms with E-state index < -0.39 is 11.6 Å². The summed E-state index contributed by atoms with van der Waals surface area (Å²) >= 11 is 7.23. The van der Waals surface area contributed by atoms with E-state index >= 15 is 0 Å². The molecule has 0 aliphatic heterocycles. The predicted molar refractivity (Wildman–Crippen MR) is 81.8 cm³/mol. The van der Waals surface area contributed by atoms with Crippen LogP contribution in [0.4, 0.5) is 8.78 Å². The highest BCUT2D eigenvalue weighted by atomic mass is 35.5. The molecule has 1 aliphatic carbocycles. The molecule has 110 valence electrons. The van der Waals surface area contributed by atoms with Crippen LogP contribution in [0.5, 0.6) is 0 Å². The zero-order valence-electron chi connectivity index (χ0n) is 11.2. The maximum absolute atomic E-state index is 13.8. The van der Waals surface area contributed by atoms with Crippen LogP contribution in [-0.2, 0) is 6.54 Å². The van der Waals surface area contributed by atoms with E-state index in [0.717, 1.165) is 22.6 Å². The van der Waals surface area contributed by atoms with Crippen LogP contribution in [0.2, 0.25) is 5.02 Å². The summed E-state index contributed by atoms with van der Waals surface area (Å²) in [7, 11) is 0. The van der Waals surface area contributed by atoms with E-state index in [-0.39, 0.29) is 4.90 Å². The lowest BCUT2D eigenvalue weighted by molar-refractivity contribution is 0.577. The van der Waals surface area contributed by atoms with Gasteiger partial charge in [0.05, 0.1) is 4.90 Å². The Morgan fingerprint density at radius 3 is 2.67 bits per heavy atom. The molecule has 0 unspecified atom stereocenters. The van der Waals surface area contributed by atoms with Gasteiger partial charge in [-0.1, -0.05) is 29.4 Å². The zero-order chi connectivity index (χ0) is 14.8. The van der Waals surface area contributed by atoms with Crippen molar-refractivity contribution >= 4 is 23.4 Å². The molecular weight excluding hydrogens is 312 g/mol. The third-order valence-corrected chi connectivity index (χ3v) is 4.67. The Morgan fingerprint density at radius 1 is 1.10 bits per heavy atom. The number of benzene rings is 2. The second kappa shape index (κ2) is 6.34. The van der Waals surface area contributed by atoms with Crippen LogP contribution in [0.1, 0.15) is 18.4 Å². The molecule has 5 heteroatoms. The summed E-state index contributed by atoms with van der Waals surface area (Å²) in [5, 5.41) is 4.01. The fourth-order valence-electron chi connectivity index (χ4n) is 1.99. The van der Waals surface area contributed by atoms with Gasteiger partial charge in [-0.15, -0.1) is 0 Å². The minimum atomic E-state index is -0.446. The Hall–Kier alpha value is -1.10. The molecule has 0 saturated heterocycles. The van der Waals surface area contributed by atoms with Crippen molar-refractivity contribution < 1.29 is 8.78 Å². The van der Waals surface area contributed by atoms with Gasteiger partial charge in [-0.2, -0.15) is 0 Å². The van der Waals surface area contributed by atoms with Gasteiger partial charge in [-0.05, 0) is 48.7 Å². The molecule has 0 aromatic heterocycles. The molecule has 0 radical (unpaired) electrons. The number of hydrogen-bond acceptors (Lipinski definition) is 2. The summed E-state index contributed by atoms with van der Waals surface area (Å²) in [5.41, 5.74) is 1.04. The smallest absolute Gasteiger partial charge is 0.137 e. The first-order valence-corrected chi connectivity index (χ1v) is 7.96. The minimum absolute atomic E-state index is 0.268. The average Bonchev–Trinajstić information content (AvgIpc) is 3.26. The van der Waals surface area contributed by atoms with Gasteiger partial charge >= 0.3 is 0 Å². The van der Waals surface area contributed by atoms with E-state index in [2.05, 4.69) is 5.32 Å². The Balaban J connectivity index is 1.85. The zero-order valence-corrected chi connectivity index (χ0v) is 12.8. The molecule has 2 aromatic carbocycles. The molecule has 3 rings (SSSR count). The topological polar surface area (TPSA) is 12.0 Å². The molecule has 0 amide bonds. The molecule has 2 aromatic rings.